The number of hydrogen-bond acceptors (Lipinski definition) is 2. The normalized spacial score (nSPS) is 12.1. The van der Waals surface area contributed by atoms with Gasteiger partial charge in [0.2, 0.25) is 0 Å². The van der Waals surface area contributed by atoms with Crippen molar-refractivity contribution < 1.29 is 4.79 Å². The first kappa shape index (κ1) is 8.11. The van der Waals surface area contributed by atoms with Crippen molar-refractivity contribution in [1.82, 2.24) is 0 Å². The van der Waals surface area contributed by atoms with Crippen LogP contribution in [0.15, 0.2) is 25.3 Å². The third-order valence-corrected chi connectivity index (χ3v) is 0.971. The molecule has 0 aromatic heterocycles. The van der Waals surface area contributed by atoms with Gasteiger partial charge in [0.05, 0.1) is 6.04 Å². The van der Waals surface area contributed by atoms with E-state index in [-0.39, 0.29) is 5.78 Å². The molecule has 2 N–H and O–H groups in total. The predicted octanol–water partition coefficient (Wildman–Crippen LogP) is 0.645. The van der Waals surface area contributed by atoms with E-state index >= 15 is 0 Å². The standard InChI is InChI=1S/C7H11NO/c1-3-5-7(9)6(8)4-2/h3-4,6H,1-2,5,8H2. The Labute approximate surface area is 55.1 Å². The second-order valence-corrected chi connectivity index (χ2v) is 1.72. The van der Waals surface area contributed by atoms with Crippen molar-refractivity contribution in [3.63, 3.8) is 0 Å². The molecular weight excluding hydrogens is 114 g/mol. The van der Waals surface area contributed by atoms with Crippen LogP contribution in [0.2, 0.25) is 0 Å². The van der Waals surface area contributed by atoms with Gasteiger partial charge in [-0.25, -0.2) is 0 Å². The molecule has 50 valence electrons. The first-order valence-corrected chi connectivity index (χ1v) is 2.74. The van der Waals surface area contributed by atoms with E-state index in [0.29, 0.717) is 6.42 Å². The van der Waals surface area contributed by atoms with Gasteiger partial charge in [0.1, 0.15) is 0 Å². The molecule has 0 amide bonds. The Hall–Kier alpha value is -0.890. The Kier molecular flexibility index (Phi) is 3.64. The fraction of sp³-hybridized carbons (Fsp3) is 0.286. The second-order valence-electron chi connectivity index (χ2n) is 1.72. The summed E-state index contributed by atoms with van der Waals surface area (Å²) >= 11 is 0. The van der Waals surface area contributed by atoms with Crippen LogP contribution in [0.1, 0.15) is 6.42 Å². The maximum atomic E-state index is 10.7. The molecule has 0 saturated carbocycles. The molecule has 0 heterocycles. The van der Waals surface area contributed by atoms with Gasteiger partial charge in [-0.2, -0.15) is 0 Å². The average molecular weight is 125 g/mol. The van der Waals surface area contributed by atoms with Crippen molar-refractivity contribution in [1.29, 1.82) is 0 Å². The number of carbonyl (C=O) groups excluding carboxylic acids is 1. The fourth-order valence-electron chi connectivity index (χ4n) is 0.410. The summed E-state index contributed by atoms with van der Waals surface area (Å²) in [6, 6.07) is -0.525. The molecule has 0 aromatic carbocycles. The zero-order valence-corrected chi connectivity index (χ0v) is 5.34. The summed E-state index contributed by atoms with van der Waals surface area (Å²) in [7, 11) is 0. The van der Waals surface area contributed by atoms with Gasteiger partial charge in [-0.1, -0.05) is 12.2 Å². The molecule has 0 saturated heterocycles. The lowest BCUT2D eigenvalue weighted by atomic mass is 10.1. The number of nitrogens with two attached hydrogens (primary N) is 1. The summed E-state index contributed by atoms with van der Waals surface area (Å²) < 4.78 is 0. The van der Waals surface area contributed by atoms with E-state index in [9.17, 15) is 4.79 Å². The van der Waals surface area contributed by atoms with Crippen LogP contribution < -0.4 is 5.73 Å². The fourth-order valence-corrected chi connectivity index (χ4v) is 0.410. The highest BCUT2D eigenvalue weighted by molar-refractivity contribution is 5.86. The van der Waals surface area contributed by atoms with Crippen molar-refractivity contribution >= 4 is 5.78 Å². The monoisotopic (exact) mass is 125 g/mol. The van der Waals surface area contributed by atoms with Crippen LogP contribution in [0.3, 0.4) is 0 Å². The third-order valence-electron chi connectivity index (χ3n) is 0.971. The summed E-state index contributed by atoms with van der Waals surface area (Å²) in [5.74, 6) is -0.0417. The highest BCUT2D eigenvalue weighted by Crippen LogP contribution is 1.89. The zero-order chi connectivity index (χ0) is 7.28. The Morgan fingerprint density at radius 1 is 1.67 bits per heavy atom. The van der Waals surface area contributed by atoms with Crippen LogP contribution in [0.4, 0.5) is 0 Å². The summed E-state index contributed by atoms with van der Waals surface area (Å²) in [5.41, 5.74) is 5.29. The molecule has 1 atom stereocenters. The molecule has 0 aliphatic rings. The zero-order valence-electron chi connectivity index (χ0n) is 5.34. The van der Waals surface area contributed by atoms with Gasteiger partial charge in [-0.05, 0) is 0 Å². The minimum Gasteiger partial charge on any atom is -0.318 e. The SMILES string of the molecule is C=CCC(=O)C(N)C=C. The Morgan fingerprint density at radius 2 is 2.22 bits per heavy atom. The van der Waals surface area contributed by atoms with Gasteiger partial charge in [0.25, 0.3) is 0 Å². The molecule has 0 bridgehead atoms. The molecule has 0 aliphatic carbocycles. The molecule has 0 aliphatic heterocycles. The molecular formula is C7H11NO. The van der Waals surface area contributed by atoms with Crippen LogP contribution in [0.25, 0.3) is 0 Å². The molecule has 1 unspecified atom stereocenters. The lowest BCUT2D eigenvalue weighted by molar-refractivity contribution is -0.118. The van der Waals surface area contributed by atoms with Crippen molar-refractivity contribution in [2.75, 3.05) is 0 Å². The third kappa shape index (κ3) is 2.82. The Morgan fingerprint density at radius 3 is 2.56 bits per heavy atom. The van der Waals surface area contributed by atoms with E-state index in [1.165, 1.54) is 12.2 Å². The number of Topliss-reactive ketones (excluding diaryl/α,β-unsaturated/α-hetero) is 1. The van der Waals surface area contributed by atoms with E-state index in [2.05, 4.69) is 13.2 Å². The van der Waals surface area contributed by atoms with E-state index in [0.717, 1.165) is 0 Å². The lowest BCUT2D eigenvalue weighted by Crippen LogP contribution is -2.26. The summed E-state index contributed by atoms with van der Waals surface area (Å²) in [5, 5.41) is 0. The van der Waals surface area contributed by atoms with Gasteiger partial charge >= 0.3 is 0 Å². The van der Waals surface area contributed by atoms with Crippen LogP contribution in [-0.4, -0.2) is 11.8 Å². The minimum atomic E-state index is -0.525. The number of carbonyl (C=O) groups is 1. The van der Waals surface area contributed by atoms with E-state index in [1.807, 2.05) is 0 Å². The molecule has 0 fully saturated rings. The molecule has 0 spiro atoms. The van der Waals surface area contributed by atoms with E-state index < -0.39 is 6.04 Å². The molecule has 2 nitrogen and oxygen atoms in total. The van der Waals surface area contributed by atoms with Gasteiger partial charge in [0.15, 0.2) is 5.78 Å². The van der Waals surface area contributed by atoms with Gasteiger partial charge in [0, 0.05) is 6.42 Å². The highest BCUT2D eigenvalue weighted by Gasteiger charge is 2.04. The summed E-state index contributed by atoms with van der Waals surface area (Å²) in [6.07, 6.45) is 3.28. The highest BCUT2D eigenvalue weighted by atomic mass is 16.1. The van der Waals surface area contributed by atoms with Crippen molar-refractivity contribution in [3.05, 3.63) is 25.3 Å². The lowest BCUT2D eigenvalue weighted by Gasteiger charge is -1.99. The van der Waals surface area contributed by atoms with Crippen LogP contribution in [0.5, 0.6) is 0 Å². The Bertz CT molecular complexity index is 129. The summed E-state index contributed by atoms with van der Waals surface area (Å²) in [6.45, 7) is 6.79. The smallest absolute Gasteiger partial charge is 0.157 e. The first-order valence-electron chi connectivity index (χ1n) is 2.74. The second kappa shape index (κ2) is 4.04. The van der Waals surface area contributed by atoms with Gasteiger partial charge < -0.3 is 5.73 Å². The van der Waals surface area contributed by atoms with Crippen molar-refractivity contribution in [3.8, 4) is 0 Å². The summed E-state index contributed by atoms with van der Waals surface area (Å²) in [4.78, 5) is 10.7. The quantitative estimate of drug-likeness (QED) is 0.560. The van der Waals surface area contributed by atoms with Gasteiger partial charge in [-0.3, -0.25) is 4.79 Å². The maximum absolute atomic E-state index is 10.7. The molecule has 0 aromatic rings. The van der Waals surface area contributed by atoms with E-state index in [4.69, 9.17) is 5.73 Å². The maximum Gasteiger partial charge on any atom is 0.157 e. The largest absolute Gasteiger partial charge is 0.318 e. The average Bonchev–Trinajstić information content (AvgIpc) is 1.87. The number of allylic oxidation sites excluding steroid dienone is 1. The van der Waals surface area contributed by atoms with E-state index in [1.54, 1.807) is 0 Å². The molecule has 0 rings (SSSR count). The van der Waals surface area contributed by atoms with Crippen LogP contribution in [-0.2, 0) is 4.79 Å². The van der Waals surface area contributed by atoms with Gasteiger partial charge in [-0.15, -0.1) is 13.2 Å². The number of ketones is 1. The first-order chi connectivity index (χ1) is 4.22. The van der Waals surface area contributed by atoms with Crippen molar-refractivity contribution in [2.45, 2.75) is 12.5 Å². The Balaban J connectivity index is 3.71. The number of rotatable bonds is 4. The van der Waals surface area contributed by atoms with Crippen LogP contribution in [0, 0.1) is 0 Å². The van der Waals surface area contributed by atoms with Crippen LogP contribution >= 0.6 is 0 Å². The molecule has 2 heteroatoms. The van der Waals surface area contributed by atoms with Crippen molar-refractivity contribution in [2.24, 2.45) is 5.73 Å². The molecule has 0 radical (unpaired) electrons. The number of hydrogen-bond donors (Lipinski definition) is 1. The minimum absolute atomic E-state index is 0.0417. The molecule has 9 heavy (non-hydrogen) atoms. The topological polar surface area (TPSA) is 43.1 Å². The predicted molar refractivity (Wildman–Crippen MR) is 38.0 cm³/mol.